The van der Waals surface area contributed by atoms with Crippen LogP contribution in [0.15, 0.2) is 18.2 Å². The molecule has 1 aliphatic heterocycles. The highest BCUT2D eigenvalue weighted by Gasteiger charge is 2.28. The number of aliphatic carboxylic acids is 1. The van der Waals surface area contributed by atoms with Crippen LogP contribution in [0, 0.1) is 0 Å². The van der Waals surface area contributed by atoms with Crippen LogP contribution in [-0.2, 0) is 4.79 Å². The number of hydrogen-bond acceptors (Lipinski definition) is 6. The average molecular weight is 439 g/mol. The largest absolute Gasteiger partial charge is 0.497 e. The zero-order valence-electron chi connectivity index (χ0n) is 18.3. The number of ether oxygens (including phenoxy) is 3. The van der Waals surface area contributed by atoms with E-state index < -0.39 is 12.1 Å². The molecule has 0 spiro atoms. The Labute approximate surface area is 183 Å². The summed E-state index contributed by atoms with van der Waals surface area (Å²) in [6.07, 6.45) is 4.29. The molecule has 1 heterocycles. The summed E-state index contributed by atoms with van der Waals surface area (Å²) in [5, 5.41) is 21.9. The number of carboxylic acid groups (broad SMARTS) is 1. The fourth-order valence-corrected chi connectivity index (χ4v) is 3.51. The molecule has 0 saturated carbocycles. The van der Waals surface area contributed by atoms with Crippen LogP contribution in [0.5, 0.6) is 17.2 Å². The maximum Gasteiger partial charge on any atom is 0.317 e. The lowest BCUT2D eigenvalue weighted by Gasteiger charge is -2.18. The van der Waals surface area contributed by atoms with Crippen LogP contribution in [-0.4, -0.2) is 73.2 Å². The Morgan fingerprint density at radius 2 is 1.97 bits per heavy atom. The molecular weight excluding hydrogens is 404 g/mol. The number of amides is 2. The Balaban J connectivity index is 1.65. The highest BCUT2D eigenvalue weighted by Crippen LogP contribution is 2.31. The molecule has 2 rings (SSSR count). The van der Waals surface area contributed by atoms with Crippen molar-refractivity contribution in [3.05, 3.63) is 18.2 Å². The summed E-state index contributed by atoms with van der Waals surface area (Å²) in [4.78, 5) is 24.4. The molecule has 3 N–H and O–H groups in total. The average Bonchev–Trinajstić information content (AvgIpc) is 3.12. The number of rotatable bonds is 15. The fraction of sp³-hybridized carbons (Fsp3) is 0.636. The molecule has 31 heavy (non-hydrogen) atoms. The number of nitrogens with zero attached hydrogens (tertiary/aromatic N) is 1. The van der Waals surface area contributed by atoms with Crippen LogP contribution in [0.1, 0.15) is 44.9 Å². The molecule has 9 nitrogen and oxygen atoms in total. The quantitative estimate of drug-likeness (QED) is 0.360. The highest BCUT2D eigenvalue weighted by molar-refractivity contribution is 5.76. The lowest BCUT2D eigenvalue weighted by Crippen LogP contribution is -2.32. The standard InChI is InChI=1S/C22H34N2O7/c1-29-18-9-10-19(20(13-18)30-2)31-15-17(25)11-12-24-14-16(23-22(24)28)7-5-3-4-6-8-21(26)27/h9-10,13,16-17,25H,3-8,11-12,14-15H2,1-2H3,(H,23,28)(H,26,27). The van der Waals surface area contributed by atoms with Gasteiger partial charge in [-0.1, -0.05) is 19.3 Å². The van der Waals surface area contributed by atoms with Crippen LogP contribution < -0.4 is 19.5 Å². The van der Waals surface area contributed by atoms with Crippen LogP contribution in [0.25, 0.3) is 0 Å². The van der Waals surface area contributed by atoms with Gasteiger partial charge in [0.15, 0.2) is 11.5 Å². The Bertz CT molecular complexity index is 713. The number of unbranched alkanes of at least 4 members (excludes halogenated alkanes) is 3. The van der Waals surface area contributed by atoms with Crippen LogP contribution in [0.4, 0.5) is 4.79 Å². The monoisotopic (exact) mass is 438 g/mol. The second-order valence-corrected chi connectivity index (χ2v) is 7.71. The van der Waals surface area contributed by atoms with E-state index >= 15 is 0 Å². The maximum absolute atomic E-state index is 12.1. The highest BCUT2D eigenvalue weighted by atomic mass is 16.5. The first-order chi connectivity index (χ1) is 14.9. The minimum absolute atomic E-state index is 0.0952. The molecule has 1 saturated heterocycles. The SMILES string of the molecule is COc1ccc(OCC(O)CCN2CC(CCCCCCC(=O)O)NC2=O)c(OC)c1. The van der Waals surface area contributed by atoms with E-state index in [-0.39, 0.29) is 25.1 Å². The zero-order valence-corrected chi connectivity index (χ0v) is 18.3. The fourth-order valence-electron chi connectivity index (χ4n) is 3.51. The van der Waals surface area contributed by atoms with Gasteiger partial charge in [-0.2, -0.15) is 0 Å². The van der Waals surface area contributed by atoms with Gasteiger partial charge in [0.25, 0.3) is 0 Å². The number of carbonyl (C=O) groups is 2. The number of benzene rings is 1. The van der Waals surface area contributed by atoms with Crippen LogP contribution >= 0.6 is 0 Å². The Morgan fingerprint density at radius 3 is 2.68 bits per heavy atom. The molecule has 0 radical (unpaired) electrons. The second kappa shape index (κ2) is 12.9. The summed E-state index contributed by atoms with van der Waals surface area (Å²) >= 11 is 0. The normalized spacial score (nSPS) is 16.7. The smallest absolute Gasteiger partial charge is 0.317 e. The van der Waals surface area contributed by atoms with E-state index in [2.05, 4.69) is 5.32 Å². The van der Waals surface area contributed by atoms with Crippen molar-refractivity contribution in [2.45, 2.75) is 57.1 Å². The predicted molar refractivity (Wildman–Crippen MR) is 115 cm³/mol. The first kappa shape index (κ1) is 24.6. The molecule has 1 aromatic rings. The van der Waals surface area contributed by atoms with Gasteiger partial charge in [-0.15, -0.1) is 0 Å². The van der Waals surface area contributed by atoms with Gasteiger partial charge >= 0.3 is 12.0 Å². The van der Waals surface area contributed by atoms with Crippen LogP contribution in [0.2, 0.25) is 0 Å². The summed E-state index contributed by atoms with van der Waals surface area (Å²) in [5.74, 6) is 0.940. The van der Waals surface area contributed by atoms with E-state index in [0.29, 0.717) is 43.2 Å². The molecule has 2 unspecified atom stereocenters. The number of carboxylic acids is 1. The Morgan fingerprint density at radius 1 is 1.19 bits per heavy atom. The van der Waals surface area contributed by atoms with Crippen molar-refractivity contribution in [3.63, 3.8) is 0 Å². The molecule has 0 aliphatic carbocycles. The molecule has 1 fully saturated rings. The number of methoxy groups -OCH3 is 2. The summed E-state index contributed by atoms with van der Waals surface area (Å²) in [5.41, 5.74) is 0. The van der Waals surface area contributed by atoms with Gasteiger partial charge in [-0.3, -0.25) is 4.79 Å². The number of carbonyl (C=O) groups excluding carboxylic acids is 1. The molecule has 174 valence electrons. The van der Waals surface area contributed by atoms with Gasteiger partial charge < -0.3 is 34.6 Å². The van der Waals surface area contributed by atoms with E-state index in [9.17, 15) is 14.7 Å². The van der Waals surface area contributed by atoms with Gasteiger partial charge in [-0.05, 0) is 31.4 Å². The van der Waals surface area contributed by atoms with E-state index in [4.69, 9.17) is 19.3 Å². The number of nitrogens with one attached hydrogen (secondary N) is 1. The van der Waals surface area contributed by atoms with Crippen molar-refractivity contribution >= 4 is 12.0 Å². The van der Waals surface area contributed by atoms with Crippen molar-refractivity contribution in [1.29, 1.82) is 0 Å². The summed E-state index contributed by atoms with van der Waals surface area (Å²) in [6.45, 7) is 1.16. The van der Waals surface area contributed by atoms with Crippen molar-refractivity contribution in [2.75, 3.05) is 33.9 Å². The lowest BCUT2D eigenvalue weighted by molar-refractivity contribution is -0.137. The minimum Gasteiger partial charge on any atom is -0.497 e. The number of hydrogen-bond donors (Lipinski definition) is 3. The zero-order chi connectivity index (χ0) is 22.6. The van der Waals surface area contributed by atoms with E-state index in [1.54, 1.807) is 30.2 Å². The third-order valence-electron chi connectivity index (χ3n) is 5.28. The third-order valence-corrected chi connectivity index (χ3v) is 5.28. The predicted octanol–water partition coefficient (Wildman–Crippen LogP) is 2.65. The van der Waals surface area contributed by atoms with Gasteiger partial charge in [0.1, 0.15) is 12.4 Å². The maximum atomic E-state index is 12.1. The van der Waals surface area contributed by atoms with Gasteiger partial charge in [0, 0.05) is 31.6 Å². The molecule has 0 aromatic heterocycles. The topological polar surface area (TPSA) is 118 Å². The van der Waals surface area contributed by atoms with E-state index in [1.165, 1.54) is 7.11 Å². The Kier molecular flexibility index (Phi) is 10.2. The minimum atomic E-state index is -0.755. The summed E-state index contributed by atoms with van der Waals surface area (Å²) in [6, 6.07) is 5.18. The number of aliphatic hydroxyl groups is 1. The lowest BCUT2D eigenvalue weighted by atomic mass is 10.1. The molecule has 1 aromatic carbocycles. The molecule has 2 atom stereocenters. The second-order valence-electron chi connectivity index (χ2n) is 7.71. The first-order valence-corrected chi connectivity index (χ1v) is 10.7. The summed E-state index contributed by atoms with van der Waals surface area (Å²) < 4.78 is 16.1. The van der Waals surface area contributed by atoms with Gasteiger partial charge in [0.05, 0.1) is 20.3 Å². The van der Waals surface area contributed by atoms with Crippen molar-refractivity contribution in [2.24, 2.45) is 0 Å². The van der Waals surface area contributed by atoms with E-state index in [0.717, 1.165) is 25.7 Å². The Hall–Kier alpha value is -2.68. The van der Waals surface area contributed by atoms with Gasteiger partial charge in [0.2, 0.25) is 0 Å². The third kappa shape index (κ3) is 8.53. The summed E-state index contributed by atoms with van der Waals surface area (Å²) in [7, 11) is 3.11. The van der Waals surface area contributed by atoms with Crippen LogP contribution in [0.3, 0.4) is 0 Å². The van der Waals surface area contributed by atoms with Crippen molar-refractivity contribution < 1.29 is 34.0 Å². The number of aliphatic hydroxyl groups excluding tert-OH is 1. The van der Waals surface area contributed by atoms with Gasteiger partial charge in [-0.25, -0.2) is 4.79 Å². The molecule has 1 aliphatic rings. The first-order valence-electron chi connectivity index (χ1n) is 10.7. The molecule has 9 heteroatoms. The van der Waals surface area contributed by atoms with Crippen molar-refractivity contribution in [1.82, 2.24) is 10.2 Å². The number of urea groups is 1. The molecular formula is C22H34N2O7. The molecule has 0 bridgehead atoms. The molecule has 2 amide bonds. The van der Waals surface area contributed by atoms with E-state index in [1.807, 2.05) is 0 Å². The van der Waals surface area contributed by atoms with Crippen molar-refractivity contribution in [3.8, 4) is 17.2 Å².